The van der Waals surface area contributed by atoms with Crippen molar-refractivity contribution in [2.75, 3.05) is 31.1 Å². The van der Waals surface area contributed by atoms with E-state index >= 15 is 0 Å². The van der Waals surface area contributed by atoms with Gasteiger partial charge in [-0.25, -0.2) is 8.42 Å². The van der Waals surface area contributed by atoms with Crippen molar-refractivity contribution in [1.29, 1.82) is 5.26 Å². The molecule has 0 bridgehead atoms. The lowest BCUT2D eigenvalue weighted by Gasteiger charge is -2.36. The van der Waals surface area contributed by atoms with Gasteiger partial charge in [0.25, 0.3) is 0 Å². The quantitative estimate of drug-likeness (QED) is 0.741. The van der Waals surface area contributed by atoms with E-state index < -0.39 is 10.0 Å². The van der Waals surface area contributed by atoms with Crippen LogP contribution in [0, 0.1) is 25.2 Å². The van der Waals surface area contributed by atoms with E-state index in [2.05, 4.69) is 6.07 Å². The summed E-state index contributed by atoms with van der Waals surface area (Å²) in [5.74, 6) is -0.0789. The maximum atomic E-state index is 13.0. The number of sulfonamides is 1. The van der Waals surface area contributed by atoms with E-state index in [-0.39, 0.29) is 5.78 Å². The fraction of sp³-hybridized carbons (Fsp3) is 0.333. The van der Waals surface area contributed by atoms with Crippen LogP contribution in [-0.4, -0.2) is 44.7 Å². The Balaban J connectivity index is 1.83. The highest BCUT2D eigenvalue weighted by molar-refractivity contribution is 7.89. The average Bonchev–Trinajstić information content (AvgIpc) is 2.67. The molecular formula is C21H23N3O3S. The summed E-state index contributed by atoms with van der Waals surface area (Å²) in [4.78, 5) is 14.3. The Morgan fingerprint density at radius 2 is 1.71 bits per heavy atom. The van der Waals surface area contributed by atoms with Gasteiger partial charge in [-0.05, 0) is 50.6 Å². The van der Waals surface area contributed by atoms with E-state index in [0.717, 1.165) is 11.1 Å². The van der Waals surface area contributed by atoms with Crippen LogP contribution in [-0.2, 0) is 10.0 Å². The van der Waals surface area contributed by atoms with Crippen LogP contribution in [0.3, 0.4) is 0 Å². The molecule has 0 aliphatic carbocycles. The molecule has 2 aromatic carbocycles. The number of aryl methyl sites for hydroxylation is 2. The molecule has 0 spiro atoms. The van der Waals surface area contributed by atoms with Crippen LogP contribution < -0.4 is 4.90 Å². The molecule has 0 amide bonds. The van der Waals surface area contributed by atoms with Crippen LogP contribution in [0.5, 0.6) is 0 Å². The van der Waals surface area contributed by atoms with Gasteiger partial charge in [0.15, 0.2) is 5.78 Å². The summed E-state index contributed by atoms with van der Waals surface area (Å²) in [7, 11) is -3.57. The maximum Gasteiger partial charge on any atom is 0.243 e. The van der Waals surface area contributed by atoms with Gasteiger partial charge in [-0.1, -0.05) is 17.7 Å². The summed E-state index contributed by atoms with van der Waals surface area (Å²) in [6, 6.07) is 12.4. The highest BCUT2D eigenvalue weighted by Crippen LogP contribution is 2.27. The molecule has 6 nitrogen and oxygen atoms in total. The highest BCUT2D eigenvalue weighted by atomic mass is 32.2. The first-order valence-corrected chi connectivity index (χ1v) is 10.6. The van der Waals surface area contributed by atoms with Gasteiger partial charge < -0.3 is 4.90 Å². The second kappa shape index (κ2) is 7.74. The number of carbonyl (C=O) groups excluding carboxylic acids is 1. The molecule has 146 valence electrons. The normalized spacial score (nSPS) is 15.3. The molecule has 1 heterocycles. The highest BCUT2D eigenvalue weighted by Gasteiger charge is 2.30. The zero-order chi connectivity index (χ0) is 20.5. The minimum absolute atomic E-state index is 0.0789. The third-order valence-electron chi connectivity index (χ3n) is 5.03. The van der Waals surface area contributed by atoms with Crippen molar-refractivity contribution in [2.45, 2.75) is 25.7 Å². The minimum Gasteiger partial charge on any atom is -0.368 e. The van der Waals surface area contributed by atoms with Gasteiger partial charge in [0.1, 0.15) is 0 Å². The predicted octanol–water partition coefficient (Wildman–Crippen LogP) is 2.89. The van der Waals surface area contributed by atoms with Crippen molar-refractivity contribution in [1.82, 2.24) is 4.31 Å². The molecule has 1 aliphatic rings. The number of hydrogen-bond donors (Lipinski definition) is 0. The maximum absolute atomic E-state index is 13.0. The molecule has 1 aliphatic heterocycles. The topological polar surface area (TPSA) is 81.5 Å². The molecule has 1 fully saturated rings. The number of piperazine rings is 1. The summed E-state index contributed by atoms with van der Waals surface area (Å²) in [5, 5.41) is 9.17. The Kier molecular flexibility index (Phi) is 5.54. The van der Waals surface area contributed by atoms with Gasteiger partial charge in [0, 0.05) is 37.4 Å². The summed E-state index contributed by atoms with van der Waals surface area (Å²) in [6.45, 7) is 6.80. The van der Waals surface area contributed by atoms with Gasteiger partial charge >= 0.3 is 0 Å². The van der Waals surface area contributed by atoms with Gasteiger partial charge in [0.05, 0.1) is 16.5 Å². The molecular weight excluding hydrogens is 374 g/mol. The lowest BCUT2D eigenvalue weighted by atomic mass is 10.0. The summed E-state index contributed by atoms with van der Waals surface area (Å²) in [5.41, 5.74) is 3.48. The Morgan fingerprint density at radius 1 is 1.04 bits per heavy atom. The van der Waals surface area contributed by atoms with Crippen LogP contribution in [0.2, 0.25) is 0 Å². The molecule has 7 heteroatoms. The number of carbonyl (C=O) groups is 1. The van der Waals surface area contributed by atoms with Crippen molar-refractivity contribution in [3.05, 3.63) is 58.7 Å². The molecule has 0 unspecified atom stereocenters. The largest absolute Gasteiger partial charge is 0.368 e. The first-order valence-electron chi connectivity index (χ1n) is 9.11. The first kappa shape index (κ1) is 20.1. The lowest BCUT2D eigenvalue weighted by Crippen LogP contribution is -2.49. The van der Waals surface area contributed by atoms with Gasteiger partial charge in [-0.15, -0.1) is 0 Å². The molecule has 0 atom stereocenters. The van der Waals surface area contributed by atoms with Crippen LogP contribution >= 0.6 is 0 Å². The van der Waals surface area contributed by atoms with Crippen molar-refractivity contribution in [3.63, 3.8) is 0 Å². The summed E-state index contributed by atoms with van der Waals surface area (Å²) >= 11 is 0. The van der Waals surface area contributed by atoms with Gasteiger partial charge in [-0.3, -0.25) is 4.79 Å². The molecule has 1 saturated heterocycles. The van der Waals surface area contributed by atoms with E-state index in [1.165, 1.54) is 11.2 Å². The molecule has 0 aromatic heterocycles. The Labute approximate surface area is 166 Å². The van der Waals surface area contributed by atoms with Crippen LogP contribution in [0.4, 0.5) is 5.69 Å². The molecule has 2 aromatic rings. The van der Waals surface area contributed by atoms with E-state index in [1.807, 2.05) is 30.9 Å². The number of nitrogens with zero attached hydrogens (tertiary/aromatic N) is 3. The number of rotatable bonds is 4. The lowest BCUT2D eigenvalue weighted by molar-refractivity contribution is 0.101. The van der Waals surface area contributed by atoms with E-state index in [1.54, 1.807) is 24.3 Å². The smallest absolute Gasteiger partial charge is 0.243 e. The molecule has 3 rings (SSSR count). The number of nitriles is 1. The molecule has 0 N–H and O–H groups in total. The van der Waals surface area contributed by atoms with Crippen molar-refractivity contribution < 1.29 is 13.2 Å². The second-order valence-corrected chi connectivity index (χ2v) is 8.97. The molecule has 0 saturated carbocycles. The average molecular weight is 398 g/mol. The number of hydrogen-bond acceptors (Lipinski definition) is 5. The second-order valence-electron chi connectivity index (χ2n) is 7.06. The fourth-order valence-corrected chi connectivity index (χ4v) is 5.19. The fourth-order valence-electron chi connectivity index (χ4n) is 3.56. The van der Waals surface area contributed by atoms with Crippen molar-refractivity contribution in [2.24, 2.45) is 0 Å². The Morgan fingerprint density at radius 3 is 2.29 bits per heavy atom. The zero-order valence-corrected chi connectivity index (χ0v) is 17.1. The third-order valence-corrected chi connectivity index (χ3v) is 7.09. The van der Waals surface area contributed by atoms with Crippen LogP contribution in [0.25, 0.3) is 0 Å². The SMILES string of the molecule is CC(=O)c1ccc(C#N)cc1N1CCN(S(=O)(=O)c2ccc(C)cc2C)CC1. The predicted molar refractivity (Wildman–Crippen MR) is 108 cm³/mol. The van der Waals surface area contributed by atoms with E-state index in [0.29, 0.717) is 47.9 Å². The van der Waals surface area contributed by atoms with Gasteiger partial charge in [-0.2, -0.15) is 9.57 Å². The van der Waals surface area contributed by atoms with E-state index in [4.69, 9.17) is 5.26 Å². The third kappa shape index (κ3) is 3.79. The van der Waals surface area contributed by atoms with Crippen molar-refractivity contribution >= 4 is 21.5 Å². The van der Waals surface area contributed by atoms with Crippen LogP contribution in [0.1, 0.15) is 34.0 Å². The number of ketones is 1. The zero-order valence-electron chi connectivity index (χ0n) is 16.3. The van der Waals surface area contributed by atoms with E-state index in [9.17, 15) is 13.2 Å². The Bertz CT molecular complexity index is 1060. The van der Waals surface area contributed by atoms with Crippen LogP contribution in [0.15, 0.2) is 41.3 Å². The number of anilines is 1. The number of Topliss-reactive ketones (excluding diaryl/α,β-unsaturated/α-hetero) is 1. The summed E-state index contributed by atoms with van der Waals surface area (Å²) < 4.78 is 27.6. The first-order chi connectivity index (χ1) is 13.2. The standard InChI is InChI=1S/C21H23N3O3S/c1-15-4-7-21(16(2)12-15)28(26,27)24-10-8-23(9-11-24)20-13-18(14-22)5-6-19(20)17(3)25/h4-7,12-13H,8-11H2,1-3H3. The summed E-state index contributed by atoms with van der Waals surface area (Å²) in [6.07, 6.45) is 0. The number of benzene rings is 2. The Hall–Kier alpha value is -2.69. The molecule has 28 heavy (non-hydrogen) atoms. The van der Waals surface area contributed by atoms with Crippen molar-refractivity contribution in [3.8, 4) is 6.07 Å². The molecule has 0 radical (unpaired) electrons. The van der Waals surface area contributed by atoms with Gasteiger partial charge in [0.2, 0.25) is 10.0 Å². The minimum atomic E-state index is -3.57. The monoisotopic (exact) mass is 397 g/mol.